The molecule has 0 aliphatic carbocycles. The predicted octanol–water partition coefficient (Wildman–Crippen LogP) is 6.63. The number of ketones is 1. The second-order valence-electron chi connectivity index (χ2n) is 6.95. The molecule has 122 valence electrons. The quantitative estimate of drug-likeness (QED) is 0.291. The number of allylic oxidation sites excluding steroid dienone is 4. The van der Waals surface area contributed by atoms with Crippen molar-refractivity contribution < 1.29 is 4.79 Å². The molecule has 1 heteroatoms. The maximum Gasteiger partial charge on any atom is 0.138 e. The zero-order valence-electron chi connectivity index (χ0n) is 14.8. The molecule has 0 amide bonds. The predicted molar refractivity (Wildman–Crippen MR) is 94.6 cm³/mol. The van der Waals surface area contributed by atoms with Crippen LogP contribution in [0.15, 0.2) is 24.3 Å². The molecule has 0 bridgehead atoms. The van der Waals surface area contributed by atoms with Gasteiger partial charge in [-0.3, -0.25) is 4.79 Å². The first kappa shape index (κ1) is 20.1. The van der Waals surface area contributed by atoms with E-state index >= 15 is 0 Å². The average molecular weight is 293 g/mol. The highest BCUT2D eigenvalue weighted by molar-refractivity contribution is 5.83. The molecule has 0 atom stereocenters. The van der Waals surface area contributed by atoms with E-state index in [4.69, 9.17) is 0 Å². The van der Waals surface area contributed by atoms with Crippen LogP contribution in [-0.2, 0) is 4.79 Å². The maximum atomic E-state index is 11.8. The van der Waals surface area contributed by atoms with E-state index in [9.17, 15) is 4.79 Å². The summed E-state index contributed by atoms with van der Waals surface area (Å²) in [6, 6.07) is 0. The van der Waals surface area contributed by atoms with Crippen molar-refractivity contribution in [3.8, 4) is 0 Å². The van der Waals surface area contributed by atoms with Crippen LogP contribution in [0.2, 0.25) is 0 Å². The van der Waals surface area contributed by atoms with E-state index in [2.05, 4.69) is 31.2 Å². The van der Waals surface area contributed by atoms with E-state index in [1.54, 1.807) is 0 Å². The Hall–Kier alpha value is -0.850. The van der Waals surface area contributed by atoms with Crippen LogP contribution in [0, 0.1) is 5.41 Å². The second-order valence-corrected chi connectivity index (χ2v) is 6.95. The van der Waals surface area contributed by atoms with Gasteiger partial charge in [-0.05, 0) is 32.1 Å². The summed E-state index contributed by atoms with van der Waals surface area (Å²) in [7, 11) is 0. The van der Waals surface area contributed by atoms with Crippen LogP contribution >= 0.6 is 0 Å². The lowest BCUT2D eigenvalue weighted by Crippen LogP contribution is -2.19. The molecule has 0 aromatic carbocycles. The summed E-state index contributed by atoms with van der Waals surface area (Å²) in [6.45, 7) is 8.25. The lowest BCUT2D eigenvalue weighted by Gasteiger charge is -2.16. The first-order valence-corrected chi connectivity index (χ1v) is 8.81. The lowest BCUT2D eigenvalue weighted by molar-refractivity contribution is -0.126. The van der Waals surface area contributed by atoms with Gasteiger partial charge in [0.25, 0.3) is 0 Å². The van der Waals surface area contributed by atoms with Crippen LogP contribution in [0.25, 0.3) is 0 Å². The number of rotatable bonds is 12. The number of carbonyl (C=O) groups is 1. The summed E-state index contributed by atoms with van der Waals surface area (Å²) in [5.41, 5.74) is -0.156. The number of Topliss-reactive ketones (excluding diaryl/α,β-unsaturated/α-hetero) is 1. The van der Waals surface area contributed by atoms with Crippen LogP contribution in [0.4, 0.5) is 0 Å². The molecule has 0 unspecified atom stereocenters. The molecule has 0 aliphatic heterocycles. The first-order chi connectivity index (χ1) is 9.98. The van der Waals surface area contributed by atoms with E-state index in [0.717, 1.165) is 19.3 Å². The fourth-order valence-electron chi connectivity index (χ4n) is 2.13. The maximum absolute atomic E-state index is 11.8. The van der Waals surface area contributed by atoms with Crippen LogP contribution in [0.3, 0.4) is 0 Å². The zero-order valence-corrected chi connectivity index (χ0v) is 14.8. The third-order valence-electron chi connectivity index (χ3n) is 3.67. The van der Waals surface area contributed by atoms with Gasteiger partial charge in [-0.1, -0.05) is 77.7 Å². The van der Waals surface area contributed by atoms with Crippen molar-refractivity contribution in [2.24, 2.45) is 5.41 Å². The van der Waals surface area contributed by atoms with E-state index < -0.39 is 0 Å². The minimum atomic E-state index is -0.156. The van der Waals surface area contributed by atoms with E-state index in [1.807, 2.05) is 20.8 Å². The SMILES string of the molecule is CCC/C=C\C/C=C\CCCCCCCC(=O)C(C)(C)C. The molecule has 0 saturated carbocycles. The Morgan fingerprint density at radius 1 is 0.810 bits per heavy atom. The molecule has 0 aromatic heterocycles. The van der Waals surface area contributed by atoms with Gasteiger partial charge < -0.3 is 0 Å². The summed E-state index contributed by atoms with van der Waals surface area (Å²) in [4.78, 5) is 11.8. The van der Waals surface area contributed by atoms with Gasteiger partial charge in [-0.2, -0.15) is 0 Å². The molecule has 0 spiro atoms. The number of hydrogen-bond donors (Lipinski definition) is 0. The van der Waals surface area contributed by atoms with Crippen molar-refractivity contribution in [3.05, 3.63) is 24.3 Å². The van der Waals surface area contributed by atoms with Crippen molar-refractivity contribution in [1.82, 2.24) is 0 Å². The molecule has 0 N–H and O–H groups in total. The molecule has 0 fully saturated rings. The highest BCUT2D eigenvalue weighted by Gasteiger charge is 2.19. The molecule has 0 heterocycles. The van der Waals surface area contributed by atoms with Crippen LogP contribution < -0.4 is 0 Å². The molecular formula is C20H36O. The summed E-state index contributed by atoms with van der Waals surface area (Å²) < 4.78 is 0. The van der Waals surface area contributed by atoms with Crippen LogP contribution in [0.5, 0.6) is 0 Å². The van der Waals surface area contributed by atoms with Crippen molar-refractivity contribution in [2.75, 3.05) is 0 Å². The van der Waals surface area contributed by atoms with Gasteiger partial charge in [0, 0.05) is 11.8 Å². The molecule has 0 aliphatic rings. The molecule has 0 aromatic rings. The Labute approximate surface area is 132 Å². The van der Waals surface area contributed by atoms with E-state index in [-0.39, 0.29) is 5.41 Å². The average Bonchev–Trinajstić information content (AvgIpc) is 2.42. The van der Waals surface area contributed by atoms with Gasteiger partial charge in [0.1, 0.15) is 5.78 Å². The number of hydrogen-bond acceptors (Lipinski definition) is 1. The minimum Gasteiger partial charge on any atom is -0.299 e. The van der Waals surface area contributed by atoms with Gasteiger partial charge >= 0.3 is 0 Å². The first-order valence-electron chi connectivity index (χ1n) is 8.81. The standard InChI is InChI=1S/C20H36O/c1-5-6-7-8-9-10-11-12-13-14-15-16-17-18-19(21)20(2,3)4/h7-8,10-11H,5-6,9,12-18H2,1-4H3/b8-7-,11-10-. The van der Waals surface area contributed by atoms with Gasteiger partial charge in [0.2, 0.25) is 0 Å². The smallest absolute Gasteiger partial charge is 0.138 e. The highest BCUT2D eigenvalue weighted by Crippen LogP contribution is 2.19. The summed E-state index contributed by atoms with van der Waals surface area (Å²) in [5, 5.41) is 0. The second kappa shape index (κ2) is 12.9. The van der Waals surface area contributed by atoms with Gasteiger partial charge in [-0.15, -0.1) is 0 Å². The molecule has 0 radical (unpaired) electrons. The fraction of sp³-hybridized carbons (Fsp3) is 0.750. The Kier molecular flexibility index (Phi) is 12.3. The lowest BCUT2D eigenvalue weighted by atomic mass is 9.88. The Morgan fingerprint density at radius 2 is 1.38 bits per heavy atom. The monoisotopic (exact) mass is 292 g/mol. The molecule has 1 nitrogen and oxygen atoms in total. The molecule has 0 saturated heterocycles. The summed E-state index contributed by atoms with van der Waals surface area (Å²) >= 11 is 0. The topological polar surface area (TPSA) is 17.1 Å². The largest absolute Gasteiger partial charge is 0.299 e. The van der Waals surface area contributed by atoms with E-state index in [1.165, 1.54) is 44.9 Å². The zero-order chi connectivity index (χ0) is 16.0. The molecular weight excluding hydrogens is 256 g/mol. The van der Waals surface area contributed by atoms with Crippen molar-refractivity contribution in [1.29, 1.82) is 0 Å². The van der Waals surface area contributed by atoms with Gasteiger partial charge in [0.05, 0.1) is 0 Å². The number of unbranched alkanes of at least 4 members (excludes halogenated alkanes) is 6. The Morgan fingerprint density at radius 3 is 2.00 bits per heavy atom. The normalized spacial score (nSPS) is 12.6. The molecule has 21 heavy (non-hydrogen) atoms. The third-order valence-corrected chi connectivity index (χ3v) is 3.67. The van der Waals surface area contributed by atoms with Gasteiger partial charge in [0.15, 0.2) is 0 Å². The molecule has 0 rings (SSSR count). The fourth-order valence-corrected chi connectivity index (χ4v) is 2.13. The third kappa shape index (κ3) is 13.9. The van der Waals surface area contributed by atoms with E-state index in [0.29, 0.717) is 5.78 Å². The van der Waals surface area contributed by atoms with Crippen molar-refractivity contribution in [3.63, 3.8) is 0 Å². The highest BCUT2D eigenvalue weighted by atomic mass is 16.1. The Bertz CT molecular complexity index is 304. The minimum absolute atomic E-state index is 0.156. The summed E-state index contributed by atoms with van der Waals surface area (Å²) in [6.07, 6.45) is 20.7. The van der Waals surface area contributed by atoms with Crippen molar-refractivity contribution in [2.45, 2.75) is 91.9 Å². The van der Waals surface area contributed by atoms with Crippen LogP contribution in [-0.4, -0.2) is 5.78 Å². The van der Waals surface area contributed by atoms with Crippen molar-refractivity contribution >= 4 is 5.78 Å². The summed E-state index contributed by atoms with van der Waals surface area (Å²) in [5.74, 6) is 0.404. The Balaban J connectivity index is 3.33. The van der Waals surface area contributed by atoms with Crippen LogP contribution in [0.1, 0.15) is 91.9 Å². The van der Waals surface area contributed by atoms with Gasteiger partial charge in [-0.25, -0.2) is 0 Å². The number of carbonyl (C=O) groups excluding carboxylic acids is 1.